The number of rotatable bonds is 5. The molecule has 6 nitrogen and oxygen atoms in total. The fraction of sp³-hybridized carbons (Fsp3) is 0.333. The second-order valence-electron chi connectivity index (χ2n) is 4.63. The molecule has 22 heavy (non-hydrogen) atoms. The van der Waals surface area contributed by atoms with Gasteiger partial charge < -0.3 is 20.1 Å². The summed E-state index contributed by atoms with van der Waals surface area (Å²) >= 11 is 5.33. The van der Waals surface area contributed by atoms with Crippen LogP contribution in [0.25, 0.3) is 0 Å². The van der Waals surface area contributed by atoms with Crippen molar-refractivity contribution in [3.05, 3.63) is 30.1 Å². The van der Waals surface area contributed by atoms with Gasteiger partial charge in [0.1, 0.15) is 0 Å². The maximum Gasteiger partial charge on any atom is 0.175 e. The summed E-state index contributed by atoms with van der Waals surface area (Å²) in [4.78, 5) is 0. The van der Waals surface area contributed by atoms with E-state index in [1.54, 1.807) is 14.2 Å². The average molecular weight is 320 g/mol. The van der Waals surface area contributed by atoms with Gasteiger partial charge >= 0.3 is 0 Å². The lowest BCUT2D eigenvalue weighted by Gasteiger charge is -2.12. The van der Waals surface area contributed by atoms with Crippen molar-refractivity contribution in [3.8, 4) is 11.5 Å². The minimum atomic E-state index is 0.492. The first-order chi connectivity index (χ1) is 10.6. The second-order valence-corrected chi connectivity index (χ2v) is 5.04. The maximum atomic E-state index is 5.33. The van der Waals surface area contributed by atoms with Gasteiger partial charge in [-0.1, -0.05) is 0 Å². The highest BCUT2D eigenvalue weighted by Crippen LogP contribution is 2.29. The van der Waals surface area contributed by atoms with Crippen LogP contribution in [-0.4, -0.2) is 29.1 Å². The number of ether oxygens (including phenoxy) is 2. The Morgan fingerprint density at radius 3 is 2.55 bits per heavy atom. The largest absolute Gasteiger partial charge is 0.493 e. The fourth-order valence-corrected chi connectivity index (χ4v) is 2.23. The molecule has 0 aliphatic carbocycles. The van der Waals surface area contributed by atoms with Crippen molar-refractivity contribution in [1.82, 2.24) is 9.78 Å². The number of aryl methyl sites for hydroxylation is 2. The number of nitrogens with one attached hydrogen (secondary N) is 2. The van der Waals surface area contributed by atoms with E-state index in [2.05, 4.69) is 15.7 Å². The number of thiocarbonyl (C=S) groups is 1. The third-order valence-electron chi connectivity index (χ3n) is 3.16. The Labute approximate surface area is 135 Å². The van der Waals surface area contributed by atoms with E-state index >= 15 is 0 Å². The van der Waals surface area contributed by atoms with E-state index in [4.69, 9.17) is 21.7 Å². The lowest BCUT2D eigenvalue weighted by atomic mass is 10.3. The van der Waals surface area contributed by atoms with E-state index in [0.717, 1.165) is 23.6 Å². The van der Waals surface area contributed by atoms with Crippen LogP contribution < -0.4 is 20.1 Å². The number of methoxy groups -OCH3 is 2. The minimum absolute atomic E-state index is 0.492. The molecule has 7 heteroatoms. The number of hydrogen-bond donors (Lipinski definition) is 2. The number of nitrogens with zero attached hydrogens (tertiary/aromatic N) is 2. The van der Waals surface area contributed by atoms with E-state index in [-0.39, 0.29) is 0 Å². The van der Waals surface area contributed by atoms with Crippen molar-refractivity contribution < 1.29 is 9.47 Å². The Hall–Kier alpha value is -2.28. The van der Waals surface area contributed by atoms with Gasteiger partial charge in [0.15, 0.2) is 16.6 Å². The molecule has 0 fully saturated rings. The van der Waals surface area contributed by atoms with Crippen LogP contribution in [0, 0.1) is 6.92 Å². The van der Waals surface area contributed by atoms with Gasteiger partial charge in [0.25, 0.3) is 0 Å². The van der Waals surface area contributed by atoms with Gasteiger partial charge in [0, 0.05) is 24.5 Å². The highest BCUT2D eigenvalue weighted by atomic mass is 32.1. The Morgan fingerprint density at radius 2 is 1.95 bits per heavy atom. The van der Waals surface area contributed by atoms with E-state index in [0.29, 0.717) is 16.6 Å². The first kappa shape index (κ1) is 16.1. The van der Waals surface area contributed by atoms with Crippen LogP contribution in [-0.2, 0) is 6.54 Å². The summed E-state index contributed by atoms with van der Waals surface area (Å²) in [6, 6.07) is 5.52. The Balaban J connectivity index is 2.07. The SMILES string of the molecule is CCn1cc(NC(=S)Nc2ccc(OC)c(OC)c2)c(C)n1. The van der Waals surface area contributed by atoms with Gasteiger partial charge in [-0.25, -0.2) is 0 Å². The molecule has 0 aliphatic rings. The number of anilines is 2. The summed E-state index contributed by atoms with van der Waals surface area (Å²) in [5.41, 5.74) is 2.61. The molecule has 1 heterocycles. The lowest BCUT2D eigenvalue weighted by molar-refractivity contribution is 0.355. The van der Waals surface area contributed by atoms with Gasteiger partial charge in [0.05, 0.1) is 25.6 Å². The predicted molar refractivity (Wildman–Crippen MR) is 92.0 cm³/mol. The molecule has 2 rings (SSSR count). The van der Waals surface area contributed by atoms with E-state index in [1.165, 1.54) is 0 Å². The zero-order valence-corrected chi connectivity index (χ0v) is 14.0. The van der Waals surface area contributed by atoms with Gasteiger partial charge in [-0.2, -0.15) is 5.10 Å². The Kier molecular flexibility index (Phi) is 5.21. The first-order valence-electron chi connectivity index (χ1n) is 6.91. The van der Waals surface area contributed by atoms with Crippen LogP contribution in [0.2, 0.25) is 0 Å². The van der Waals surface area contributed by atoms with Gasteiger partial charge in [-0.05, 0) is 38.2 Å². The summed E-state index contributed by atoms with van der Waals surface area (Å²) in [5, 5.41) is 11.1. The molecule has 1 aromatic carbocycles. The van der Waals surface area contributed by atoms with Crippen LogP contribution in [0.5, 0.6) is 11.5 Å². The van der Waals surface area contributed by atoms with Crippen LogP contribution in [0.4, 0.5) is 11.4 Å². The topological polar surface area (TPSA) is 60.3 Å². The van der Waals surface area contributed by atoms with Gasteiger partial charge in [-0.3, -0.25) is 4.68 Å². The van der Waals surface area contributed by atoms with Gasteiger partial charge in [0.2, 0.25) is 0 Å². The van der Waals surface area contributed by atoms with Crippen molar-refractivity contribution in [2.45, 2.75) is 20.4 Å². The standard InChI is InChI=1S/C15H20N4O2S/c1-5-19-9-12(10(2)18-19)17-15(22)16-11-6-7-13(20-3)14(8-11)21-4/h6-9H,5H2,1-4H3,(H2,16,17,22). The smallest absolute Gasteiger partial charge is 0.175 e. The first-order valence-corrected chi connectivity index (χ1v) is 7.32. The van der Waals surface area contributed by atoms with Crippen LogP contribution >= 0.6 is 12.2 Å². The van der Waals surface area contributed by atoms with Crippen LogP contribution in [0.3, 0.4) is 0 Å². The molecule has 0 amide bonds. The minimum Gasteiger partial charge on any atom is -0.493 e. The molecule has 0 atom stereocenters. The van der Waals surface area contributed by atoms with Crippen LogP contribution in [0.1, 0.15) is 12.6 Å². The molecule has 0 saturated carbocycles. The van der Waals surface area contributed by atoms with E-state index in [1.807, 2.05) is 42.9 Å². The van der Waals surface area contributed by atoms with Gasteiger partial charge in [-0.15, -0.1) is 0 Å². The Bertz CT molecular complexity index is 670. The van der Waals surface area contributed by atoms with Crippen molar-refractivity contribution in [2.75, 3.05) is 24.9 Å². The summed E-state index contributed by atoms with van der Waals surface area (Å²) in [5.74, 6) is 1.32. The summed E-state index contributed by atoms with van der Waals surface area (Å²) in [7, 11) is 3.20. The molecule has 0 spiro atoms. The highest BCUT2D eigenvalue weighted by molar-refractivity contribution is 7.80. The van der Waals surface area contributed by atoms with E-state index < -0.39 is 0 Å². The molecule has 0 unspecified atom stereocenters. The number of hydrogen-bond acceptors (Lipinski definition) is 4. The molecular weight excluding hydrogens is 300 g/mol. The fourth-order valence-electron chi connectivity index (χ4n) is 2.00. The second kappa shape index (κ2) is 7.13. The monoisotopic (exact) mass is 320 g/mol. The third kappa shape index (κ3) is 3.67. The molecule has 118 valence electrons. The summed E-state index contributed by atoms with van der Waals surface area (Å²) in [6.07, 6.45) is 1.93. The zero-order valence-electron chi connectivity index (χ0n) is 13.1. The van der Waals surface area contributed by atoms with Crippen molar-refractivity contribution in [2.24, 2.45) is 0 Å². The van der Waals surface area contributed by atoms with Crippen molar-refractivity contribution in [3.63, 3.8) is 0 Å². The normalized spacial score (nSPS) is 10.2. The number of benzene rings is 1. The molecule has 0 aliphatic heterocycles. The molecule has 0 bridgehead atoms. The lowest BCUT2D eigenvalue weighted by Crippen LogP contribution is -2.19. The summed E-state index contributed by atoms with van der Waals surface area (Å²) < 4.78 is 12.3. The molecule has 1 aromatic heterocycles. The molecular formula is C15H20N4O2S. The van der Waals surface area contributed by atoms with Crippen molar-refractivity contribution in [1.29, 1.82) is 0 Å². The predicted octanol–water partition coefficient (Wildman–Crippen LogP) is 3.04. The maximum absolute atomic E-state index is 5.33. The molecule has 0 radical (unpaired) electrons. The quantitative estimate of drug-likeness (QED) is 0.826. The van der Waals surface area contributed by atoms with Crippen molar-refractivity contribution >= 4 is 28.7 Å². The van der Waals surface area contributed by atoms with Crippen LogP contribution in [0.15, 0.2) is 24.4 Å². The third-order valence-corrected chi connectivity index (χ3v) is 3.36. The average Bonchev–Trinajstić information content (AvgIpc) is 2.87. The molecule has 2 N–H and O–H groups in total. The molecule has 0 saturated heterocycles. The number of aromatic nitrogens is 2. The highest BCUT2D eigenvalue weighted by Gasteiger charge is 2.08. The summed E-state index contributed by atoms with van der Waals surface area (Å²) in [6.45, 7) is 4.79. The molecule has 2 aromatic rings. The zero-order chi connectivity index (χ0) is 16.1. The van der Waals surface area contributed by atoms with E-state index in [9.17, 15) is 0 Å². The Morgan fingerprint density at radius 1 is 1.23 bits per heavy atom.